The standard InChI is InChI=1S/C20H16N4OS/c1-12-3-2-4-14(11-12)23-19(25)18-17(21)15-5-6-16(24-20(15)26-18)13-7-9-22-10-8-13/h2-11H,21H2,1H3,(H,23,25). The molecule has 26 heavy (non-hydrogen) atoms. The van der Waals surface area contributed by atoms with Gasteiger partial charge in [-0.3, -0.25) is 9.78 Å². The summed E-state index contributed by atoms with van der Waals surface area (Å²) in [6.07, 6.45) is 3.45. The topological polar surface area (TPSA) is 80.9 Å². The molecule has 0 aliphatic carbocycles. The number of nitrogens with two attached hydrogens (primary N) is 1. The second-order valence-electron chi connectivity index (χ2n) is 5.95. The maximum Gasteiger partial charge on any atom is 0.267 e. The van der Waals surface area contributed by atoms with Crippen LogP contribution < -0.4 is 11.1 Å². The molecule has 3 N–H and O–H groups in total. The van der Waals surface area contributed by atoms with Crippen molar-refractivity contribution < 1.29 is 4.79 Å². The molecular formula is C20H16N4OS. The van der Waals surface area contributed by atoms with Gasteiger partial charge in [0.2, 0.25) is 0 Å². The molecule has 4 aromatic rings. The Kier molecular flexibility index (Phi) is 4.10. The second kappa shape index (κ2) is 6.57. The summed E-state index contributed by atoms with van der Waals surface area (Å²) in [5, 5.41) is 3.70. The van der Waals surface area contributed by atoms with Crippen molar-refractivity contribution in [3.63, 3.8) is 0 Å². The van der Waals surface area contributed by atoms with Crippen molar-refractivity contribution in [2.75, 3.05) is 11.1 Å². The number of carbonyl (C=O) groups excluding carboxylic acids is 1. The van der Waals surface area contributed by atoms with Gasteiger partial charge in [0.05, 0.1) is 11.4 Å². The Bertz CT molecular complexity index is 1110. The largest absolute Gasteiger partial charge is 0.397 e. The number of hydrogen-bond acceptors (Lipinski definition) is 5. The summed E-state index contributed by atoms with van der Waals surface area (Å²) in [6.45, 7) is 1.98. The lowest BCUT2D eigenvalue weighted by Gasteiger charge is -2.05. The first-order chi connectivity index (χ1) is 12.6. The number of benzene rings is 1. The first-order valence-corrected chi connectivity index (χ1v) is 8.91. The van der Waals surface area contributed by atoms with Crippen LogP contribution in [0.15, 0.2) is 60.9 Å². The summed E-state index contributed by atoms with van der Waals surface area (Å²) in [4.78, 5) is 22.6. The maximum absolute atomic E-state index is 12.7. The van der Waals surface area contributed by atoms with Crippen LogP contribution >= 0.6 is 11.3 Å². The molecule has 0 fully saturated rings. The molecule has 0 saturated heterocycles. The van der Waals surface area contributed by atoms with Crippen LogP contribution in [0.5, 0.6) is 0 Å². The number of carbonyl (C=O) groups is 1. The van der Waals surface area contributed by atoms with Crippen LogP contribution in [0, 0.1) is 6.92 Å². The summed E-state index contributed by atoms with van der Waals surface area (Å²) in [7, 11) is 0. The van der Waals surface area contributed by atoms with Crippen molar-refractivity contribution in [2.24, 2.45) is 0 Å². The number of thiophene rings is 1. The molecule has 128 valence electrons. The van der Waals surface area contributed by atoms with Gasteiger partial charge in [-0.2, -0.15) is 0 Å². The normalized spacial score (nSPS) is 10.8. The molecule has 1 amide bonds. The van der Waals surface area contributed by atoms with Gasteiger partial charge in [0.15, 0.2) is 0 Å². The van der Waals surface area contributed by atoms with Gasteiger partial charge in [0.25, 0.3) is 5.91 Å². The highest BCUT2D eigenvalue weighted by Gasteiger charge is 2.18. The lowest BCUT2D eigenvalue weighted by atomic mass is 10.1. The van der Waals surface area contributed by atoms with Crippen LogP contribution in [-0.2, 0) is 0 Å². The van der Waals surface area contributed by atoms with Gasteiger partial charge in [-0.05, 0) is 48.9 Å². The average Bonchev–Trinajstić information content (AvgIpc) is 2.99. The molecule has 1 aromatic carbocycles. The molecule has 3 heterocycles. The first kappa shape index (κ1) is 16.2. The van der Waals surface area contributed by atoms with Gasteiger partial charge in [-0.25, -0.2) is 4.98 Å². The lowest BCUT2D eigenvalue weighted by Crippen LogP contribution is -2.11. The molecule has 0 atom stereocenters. The molecule has 0 aliphatic rings. The van der Waals surface area contributed by atoms with E-state index >= 15 is 0 Å². The summed E-state index contributed by atoms with van der Waals surface area (Å²) in [5.74, 6) is -0.221. The average molecular weight is 360 g/mol. The van der Waals surface area contributed by atoms with Crippen LogP contribution in [0.4, 0.5) is 11.4 Å². The third-order valence-electron chi connectivity index (χ3n) is 4.05. The molecule has 0 saturated carbocycles. The minimum absolute atomic E-state index is 0.221. The quantitative estimate of drug-likeness (QED) is 0.563. The van der Waals surface area contributed by atoms with Crippen molar-refractivity contribution >= 4 is 38.8 Å². The van der Waals surface area contributed by atoms with E-state index in [0.717, 1.165) is 32.7 Å². The highest BCUT2D eigenvalue weighted by molar-refractivity contribution is 7.21. The number of fused-ring (bicyclic) bond motifs is 1. The third-order valence-corrected chi connectivity index (χ3v) is 5.17. The number of rotatable bonds is 3. The Hall–Kier alpha value is -3.25. The molecule has 0 unspecified atom stereocenters. The van der Waals surface area contributed by atoms with E-state index in [0.29, 0.717) is 10.6 Å². The zero-order valence-electron chi connectivity index (χ0n) is 14.1. The zero-order valence-corrected chi connectivity index (χ0v) is 14.9. The predicted molar refractivity (Wildman–Crippen MR) is 106 cm³/mol. The van der Waals surface area contributed by atoms with Crippen LogP contribution in [0.25, 0.3) is 21.5 Å². The van der Waals surface area contributed by atoms with Gasteiger partial charge in [-0.1, -0.05) is 12.1 Å². The van der Waals surface area contributed by atoms with Crippen molar-refractivity contribution in [2.45, 2.75) is 6.92 Å². The Morgan fingerprint density at radius 2 is 1.92 bits per heavy atom. The van der Waals surface area contributed by atoms with Gasteiger partial charge in [0, 0.05) is 29.0 Å². The van der Waals surface area contributed by atoms with Gasteiger partial charge in [0.1, 0.15) is 9.71 Å². The fraction of sp³-hybridized carbons (Fsp3) is 0.0500. The predicted octanol–water partition coefficient (Wildman–Crippen LogP) is 4.50. The van der Waals surface area contributed by atoms with Crippen LogP contribution in [0.1, 0.15) is 15.2 Å². The van der Waals surface area contributed by atoms with Gasteiger partial charge < -0.3 is 11.1 Å². The minimum Gasteiger partial charge on any atom is -0.397 e. The van der Waals surface area contributed by atoms with Crippen LogP contribution in [0.3, 0.4) is 0 Å². The van der Waals surface area contributed by atoms with E-state index < -0.39 is 0 Å². The molecule has 3 aromatic heterocycles. The number of nitrogens with zero attached hydrogens (tertiary/aromatic N) is 2. The number of pyridine rings is 2. The number of hydrogen-bond donors (Lipinski definition) is 2. The van der Waals surface area contributed by atoms with Crippen LogP contribution in [0.2, 0.25) is 0 Å². The Balaban J connectivity index is 1.69. The van der Waals surface area contributed by atoms with Crippen molar-refractivity contribution in [3.05, 3.63) is 71.4 Å². The smallest absolute Gasteiger partial charge is 0.267 e. The molecule has 6 heteroatoms. The van der Waals surface area contributed by atoms with E-state index in [9.17, 15) is 4.79 Å². The SMILES string of the molecule is Cc1cccc(NC(=O)c2sc3nc(-c4ccncc4)ccc3c2N)c1. The molecular weight excluding hydrogens is 344 g/mol. The number of aryl methyl sites for hydroxylation is 1. The highest BCUT2D eigenvalue weighted by atomic mass is 32.1. The number of amides is 1. The molecule has 0 bridgehead atoms. The van der Waals surface area contributed by atoms with Gasteiger partial charge in [-0.15, -0.1) is 11.3 Å². The monoisotopic (exact) mass is 360 g/mol. The molecule has 0 radical (unpaired) electrons. The molecule has 0 aliphatic heterocycles. The summed E-state index contributed by atoms with van der Waals surface area (Å²) in [5.41, 5.74) is 10.3. The van der Waals surface area contributed by atoms with E-state index in [1.54, 1.807) is 12.4 Å². The number of nitrogens with one attached hydrogen (secondary N) is 1. The van der Waals surface area contributed by atoms with Crippen molar-refractivity contribution in [3.8, 4) is 11.3 Å². The number of aromatic nitrogens is 2. The van der Waals surface area contributed by atoms with E-state index in [-0.39, 0.29) is 5.91 Å². The van der Waals surface area contributed by atoms with Crippen molar-refractivity contribution in [1.29, 1.82) is 0 Å². The Morgan fingerprint density at radius 3 is 2.69 bits per heavy atom. The maximum atomic E-state index is 12.7. The summed E-state index contributed by atoms with van der Waals surface area (Å²) < 4.78 is 0. The van der Waals surface area contributed by atoms with E-state index in [2.05, 4.69) is 15.3 Å². The minimum atomic E-state index is -0.221. The summed E-state index contributed by atoms with van der Waals surface area (Å²) >= 11 is 1.30. The highest BCUT2D eigenvalue weighted by Crippen LogP contribution is 2.34. The fourth-order valence-electron chi connectivity index (χ4n) is 2.76. The van der Waals surface area contributed by atoms with Crippen molar-refractivity contribution in [1.82, 2.24) is 9.97 Å². The summed E-state index contributed by atoms with van der Waals surface area (Å²) in [6, 6.07) is 15.3. The van der Waals surface area contributed by atoms with Gasteiger partial charge >= 0.3 is 0 Å². The van der Waals surface area contributed by atoms with Crippen LogP contribution in [-0.4, -0.2) is 15.9 Å². The third kappa shape index (κ3) is 3.02. The number of anilines is 2. The second-order valence-corrected chi connectivity index (χ2v) is 6.95. The Labute approximate surface area is 154 Å². The number of nitrogen functional groups attached to an aromatic ring is 1. The van der Waals surface area contributed by atoms with E-state index in [1.165, 1.54) is 11.3 Å². The fourth-order valence-corrected chi connectivity index (χ4v) is 3.75. The Morgan fingerprint density at radius 1 is 1.12 bits per heavy atom. The van der Waals surface area contributed by atoms with E-state index in [4.69, 9.17) is 5.73 Å². The first-order valence-electron chi connectivity index (χ1n) is 8.09. The molecule has 4 rings (SSSR count). The van der Waals surface area contributed by atoms with E-state index in [1.807, 2.05) is 55.5 Å². The molecule has 0 spiro atoms. The lowest BCUT2D eigenvalue weighted by molar-refractivity contribution is 0.103. The zero-order chi connectivity index (χ0) is 18.1. The molecule has 5 nitrogen and oxygen atoms in total.